The summed E-state index contributed by atoms with van der Waals surface area (Å²) in [7, 11) is 1.71. The highest BCUT2D eigenvalue weighted by Crippen LogP contribution is 2.33. The normalized spacial score (nSPS) is 24.3. The van der Waals surface area contributed by atoms with E-state index in [4.69, 9.17) is 11.2 Å². The van der Waals surface area contributed by atoms with Crippen molar-refractivity contribution in [3.63, 3.8) is 0 Å². The van der Waals surface area contributed by atoms with Gasteiger partial charge in [-0.2, -0.15) is 11.8 Å². The van der Waals surface area contributed by atoms with E-state index in [2.05, 4.69) is 21.9 Å². The Morgan fingerprint density at radius 3 is 2.68 bits per heavy atom. The molecule has 2 saturated heterocycles. The lowest BCUT2D eigenvalue weighted by Crippen LogP contribution is -2.36. The van der Waals surface area contributed by atoms with Gasteiger partial charge in [-0.1, -0.05) is 12.3 Å². The molecule has 3 amide bonds. The van der Waals surface area contributed by atoms with Crippen LogP contribution in [-0.4, -0.2) is 54.3 Å². The van der Waals surface area contributed by atoms with Crippen LogP contribution in [-0.2, 0) is 9.53 Å². The van der Waals surface area contributed by atoms with E-state index < -0.39 is 0 Å². The van der Waals surface area contributed by atoms with Crippen LogP contribution in [0.3, 0.4) is 0 Å². The summed E-state index contributed by atoms with van der Waals surface area (Å²) < 4.78 is 4.94. The van der Waals surface area contributed by atoms with E-state index in [1.54, 1.807) is 7.11 Å². The molecule has 0 aromatic heterocycles. The minimum Gasteiger partial charge on any atom is -0.379 e. The minimum atomic E-state index is -0.0473. The topological polar surface area (TPSA) is 79.5 Å². The molecule has 25 heavy (non-hydrogen) atoms. The molecular weight excluding hydrogens is 338 g/mol. The van der Waals surface area contributed by atoms with Crippen LogP contribution in [0.1, 0.15) is 46.5 Å². The summed E-state index contributed by atoms with van der Waals surface area (Å²) in [4.78, 5) is 22.6. The minimum absolute atomic E-state index is 0.0192. The van der Waals surface area contributed by atoms with Gasteiger partial charge < -0.3 is 20.7 Å². The van der Waals surface area contributed by atoms with Crippen molar-refractivity contribution in [3.05, 3.63) is 0 Å². The van der Waals surface area contributed by atoms with Crippen molar-refractivity contribution < 1.29 is 14.3 Å². The van der Waals surface area contributed by atoms with Crippen molar-refractivity contribution in [2.45, 2.75) is 69.4 Å². The molecular formula is C18H31N3O3S. The Morgan fingerprint density at radius 1 is 1.40 bits per heavy atom. The predicted molar refractivity (Wildman–Crippen MR) is 103 cm³/mol. The van der Waals surface area contributed by atoms with Crippen LogP contribution in [0.25, 0.3) is 0 Å². The van der Waals surface area contributed by atoms with E-state index >= 15 is 0 Å². The smallest absolute Gasteiger partial charge is 0.315 e. The number of fused-ring (bicyclic) bond motifs is 1. The third-order valence-electron chi connectivity index (χ3n) is 4.08. The Hall–Kier alpha value is -1.39. The molecule has 0 saturated carbocycles. The molecule has 0 aromatic carbocycles. The summed E-state index contributed by atoms with van der Waals surface area (Å²) in [5.74, 6) is 3.38. The molecule has 0 aromatic rings. The SMILES string of the molecule is C#CCNC(=O)CCCCC1SCC2NC(=O)NC21.COC(C)(C)C. The van der Waals surface area contributed by atoms with Crippen LogP contribution in [0.4, 0.5) is 4.79 Å². The van der Waals surface area contributed by atoms with Gasteiger partial charge in [0.05, 0.1) is 24.2 Å². The van der Waals surface area contributed by atoms with Crippen molar-refractivity contribution in [2.24, 2.45) is 0 Å². The van der Waals surface area contributed by atoms with Crippen LogP contribution in [0.2, 0.25) is 0 Å². The summed E-state index contributed by atoms with van der Waals surface area (Å²) in [6, 6.07) is 0.489. The Kier molecular flexibility index (Phi) is 9.15. The van der Waals surface area contributed by atoms with Crippen molar-refractivity contribution in [1.82, 2.24) is 16.0 Å². The van der Waals surface area contributed by atoms with Crippen LogP contribution >= 0.6 is 11.8 Å². The number of terminal acetylenes is 1. The average molecular weight is 370 g/mol. The third kappa shape index (κ3) is 8.50. The lowest BCUT2D eigenvalue weighted by molar-refractivity contribution is -0.120. The Bertz CT molecular complexity index is 485. The summed E-state index contributed by atoms with van der Waals surface area (Å²) in [6.45, 7) is 6.37. The highest BCUT2D eigenvalue weighted by Gasteiger charge is 2.42. The van der Waals surface area contributed by atoms with E-state index in [-0.39, 0.29) is 29.6 Å². The molecule has 2 rings (SSSR count). The van der Waals surface area contributed by atoms with Crippen LogP contribution < -0.4 is 16.0 Å². The second kappa shape index (κ2) is 10.6. The molecule has 2 aliphatic rings. The first-order valence-corrected chi connectivity index (χ1v) is 9.75. The van der Waals surface area contributed by atoms with Gasteiger partial charge in [0, 0.05) is 24.5 Å². The zero-order valence-electron chi connectivity index (χ0n) is 15.7. The molecule has 0 radical (unpaired) electrons. The maximum atomic E-state index is 11.3. The molecule has 2 fully saturated rings. The molecule has 0 bridgehead atoms. The number of carbonyl (C=O) groups excluding carboxylic acids is 2. The zero-order chi connectivity index (χ0) is 18.9. The number of rotatable bonds is 6. The Balaban J connectivity index is 0.000000450. The number of unbranched alkanes of at least 4 members (excludes halogenated alkanes) is 1. The summed E-state index contributed by atoms with van der Waals surface area (Å²) in [5, 5.41) is 9.02. The van der Waals surface area contributed by atoms with Crippen molar-refractivity contribution in [2.75, 3.05) is 19.4 Å². The number of ether oxygens (including phenoxy) is 1. The maximum absolute atomic E-state index is 11.3. The number of amides is 3. The number of nitrogens with one attached hydrogen (secondary N) is 3. The first-order valence-electron chi connectivity index (χ1n) is 8.70. The first-order chi connectivity index (χ1) is 11.8. The van der Waals surface area contributed by atoms with Crippen molar-refractivity contribution >= 4 is 23.7 Å². The molecule has 0 spiro atoms. The molecule has 142 valence electrons. The standard InChI is InChI=1S/C13H19N3O2S.C5H12O/c1-2-7-14-11(17)6-4-3-5-10-12-9(8-19-10)15-13(18)16-12;1-5(2,3)6-4/h1,9-10,12H,3-8H2,(H,14,17)(H2,15,16,18);1-4H3. The number of hydrogen-bond acceptors (Lipinski definition) is 4. The van der Waals surface area contributed by atoms with Gasteiger partial charge in [0.1, 0.15) is 0 Å². The van der Waals surface area contributed by atoms with E-state index in [0.717, 1.165) is 25.0 Å². The summed E-state index contributed by atoms with van der Waals surface area (Å²) >= 11 is 1.90. The van der Waals surface area contributed by atoms with Gasteiger partial charge in [0.15, 0.2) is 0 Å². The number of thioether (sulfide) groups is 1. The first kappa shape index (κ1) is 21.7. The second-order valence-electron chi connectivity index (χ2n) is 7.16. The van der Waals surface area contributed by atoms with Gasteiger partial charge in [0.25, 0.3) is 0 Å². The van der Waals surface area contributed by atoms with E-state index in [0.29, 0.717) is 18.2 Å². The fraction of sp³-hybridized carbons (Fsp3) is 0.778. The molecule has 2 heterocycles. The van der Waals surface area contributed by atoms with Crippen LogP contribution in [0.5, 0.6) is 0 Å². The van der Waals surface area contributed by atoms with Crippen LogP contribution in [0, 0.1) is 12.3 Å². The zero-order valence-corrected chi connectivity index (χ0v) is 16.5. The molecule has 6 nitrogen and oxygen atoms in total. The average Bonchev–Trinajstić information content (AvgIpc) is 3.09. The van der Waals surface area contributed by atoms with Gasteiger partial charge >= 0.3 is 6.03 Å². The second-order valence-corrected chi connectivity index (χ2v) is 8.44. The highest BCUT2D eigenvalue weighted by atomic mass is 32.2. The van der Waals surface area contributed by atoms with Gasteiger partial charge in [-0.15, -0.1) is 6.42 Å². The van der Waals surface area contributed by atoms with Gasteiger partial charge in [0.2, 0.25) is 5.91 Å². The lowest BCUT2D eigenvalue weighted by atomic mass is 10.0. The monoisotopic (exact) mass is 369 g/mol. The molecule has 3 N–H and O–H groups in total. The quantitative estimate of drug-likeness (QED) is 0.379. The highest BCUT2D eigenvalue weighted by molar-refractivity contribution is 8.00. The van der Waals surface area contributed by atoms with Crippen molar-refractivity contribution in [1.29, 1.82) is 0 Å². The fourth-order valence-corrected chi connectivity index (χ4v) is 4.06. The van der Waals surface area contributed by atoms with Gasteiger partial charge in [-0.05, 0) is 33.6 Å². The number of carbonyl (C=O) groups is 2. The lowest BCUT2D eigenvalue weighted by Gasteiger charge is -2.16. The van der Waals surface area contributed by atoms with E-state index in [9.17, 15) is 9.59 Å². The largest absolute Gasteiger partial charge is 0.379 e. The number of urea groups is 1. The van der Waals surface area contributed by atoms with E-state index in [1.807, 2.05) is 32.5 Å². The van der Waals surface area contributed by atoms with E-state index in [1.165, 1.54) is 0 Å². The molecule has 2 aliphatic heterocycles. The Labute approximate surface area is 155 Å². The third-order valence-corrected chi connectivity index (χ3v) is 5.59. The van der Waals surface area contributed by atoms with Gasteiger partial charge in [-0.3, -0.25) is 4.79 Å². The van der Waals surface area contributed by atoms with Crippen molar-refractivity contribution in [3.8, 4) is 12.3 Å². The molecule has 0 aliphatic carbocycles. The molecule has 7 heteroatoms. The summed E-state index contributed by atoms with van der Waals surface area (Å²) in [5.41, 5.74) is 0.0417. The number of hydrogen-bond donors (Lipinski definition) is 3. The Morgan fingerprint density at radius 2 is 2.08 bits per heavy atom. The fourth-order valence-electron chi connectivity index (χ4n) is 2.51. The molecule has 3 unspecified atom stereocenters. The predicted octanol–water partition coefficient (Wildman–Crippen LogP) is 1.89. The van der Waals surface area contributed by atoms with Gasteiger partial charge in [-0.25, -0.2) is 4.79 Å². The molecule has 3 atom stereocenters. The maximum Gasteiger partial charge on any atom is 0.315 e. The number of methoxy groups -OCH3 is 1. The van der Waals surface area contributed by atoms with Crippen LogP contribution in [0.15, 0.2) is 0 Å². The summed E-state index contributed by atoms with van der Waals surface area (Å²) in [6.07, 6.45) is 8.50.